The van der Waals surface area contributed by atoms with E-state index in [9.17, 15) is 13.2 Å². The fourth-order valence-electron chi connectivity index (χ4n) is 1.71. The van der Waals surface area contributed by atoms with Gasteiger partial charge in [-0.2, -0.15) is 0 Å². The van der Waals surface area contributed by atoms with E-state index in [2.05, 4.69) is 0 Å². The van der Waals surface area contributed by atoms with Gasteiger partial charge in [0, 0.05) is 39.6 Å². The van der Waals surface area contributed by atoms with Gasteiger partial charge in [0.05, 0.1) is 17.0 Å². The summed E-state index contributed by atoms with van der Waals surface area (Å²) in [6.07, 6.45) is 1.19. The van der Waals surface area contributed by atoms with Gasteiger partial charge < -0.3 is 15.5 Å². The minimum Gasteiger partial charge on any atom is -0.399 e. The van der Waals surface area contributed by atoms with E-state index in [1.165, 1.54) is 11.2 Å². The summed E-state index contributed by atoms with van der Waals surface area (Å²) in [5.41, 5.74) is 7.41. The number of carbonyl (C=O) groups excluding carboxylic acids is 1. The molecular weight excluding hydrogens is 278 g/mol. The summed E-state index contributed by atoms with van der Waals surface area (Å²) in [4.78, 5) is 15.3. The summed E-state index contributed by atoms with van der Waals surface area (Å²) in [6, 6.07) is 4.99. The zero-order valence-corrected chi connectivity index (χ0v) is 13.1. The van der Waals surface area contributed by atoms with Crippen LogP contribution >= 0.6 is 0 Å². The minimum atomic E-state index is -3.06. The molecular formula is C13H21N3O3S. The lowest BCUT2D eigenvalue weighted by molar-refractivity contribution is 0.0828. The molecule has 0 aliphatic carbocycles. The first-order valence-corrected chi connectivity index (χ1v) is 8.18. The van der Waals surface area contributed by atoms with Gasteiger partial charge in [-0.15, -0.1) is 0 Å². The summed E-state index contributed by atoms with van der Waals surface area (Å²) in [5.74, 6) is -0.125. The van der Waals surface area contributed by atoms with Crippen molar-refractivity contribution >= 4 is 27.1 Å². The number of nitrogen functional groups attached to an aromatic ring is 1. The number of carbonyl (C=O) groups is 1. The van der Waals surface area contributed by atoms with Crippen molar-refractivity contribution in [1.82, 2.24) is 4.90 Å². The van der Waals surface area contributed by atoms with Crippen molar-refractivity contribution in [3.8, 4) is 0 Å². The van der Waals surface area contributed by atoms with Crippen molar-refractivity contribution in [3.63, 3.8) is 0 Å². The van der Waals surface area contributed by atoms with Crippen LogP contribution in [0.15, 0.2) is 18.2 Å². The van der Waals surface area contributed by atoms with Crippen molar-refractivity contribution in [2.45, 2.75) is 0 Å². The molecule has 0 aliphatic rings. The van der Waals surface area contributed by atoms with Crippen LogP contribution in [0.25, 0.3) is 0 Å². The highest BCUT2D eigenvalue weighted by Crippen LogP contribution is 2.23. The quantitative estimate of drug-likeness (QED) is 0.798. The zero-order chi connectivity index (χ0) is 15.5. The number of rotatable bonds is 5. The van der Waals surface area contributed by atoms with Crippen LogP contribution in [0.2, 0.25) is 0 Å². The van der Waals surface area contributed by atoms with Gasteiger partial charge in [-0.25, -0.2) is 8.42 Å². The Morgan fingerprint density at radius 1 is 1.25 bits per heavy atom. The zero-order valence-electron chi connectivity index (χ0n) is 12.3. The molecule has 2 N–H and O–H groups in total. The van der Waals surface area contributed by atoms with Gasteiger partial charge in [0.25, 0.3) is 5.91 Å². The van der Waals surface area contributed by atoms with Crippen LogP contribution in [0.1, 0.15) is 10.4 Å². The predicted molar refractivity (Wildman–Crippen MR) is 81.9 cm³/mol. The van der Waals surface area contributed by atoms with Gasteiger partial charge in [-0.05, 0) is 18.2 Å². The van der Waals surface area contributed by atoms with Crippen LogP contribution in [0.3, 0.4) is 0 Å². The number of amides is 1. The molecule has 0 bridgehead atoms. The molecule has 0 heterocycles. The van der Waals surface area contributed by atoms with E-state index in [1.54, 1.807) is 44.2 Å². The molecule has 1 aromatic carbocycles. The first-order valence-electron chi connectivity index (χ1n) is 6.12. The largest absolute Gasteiger partial charge is 0.399 e. The number of hydrogen-bond donors (Lipinski definition) is 1. The summed E-state index contributed by atoms with van der Waals surface area (Å²) in [5, 5.41) is 0. The second kappa shape index (κ2) is 6.13. The fourth-order valence-corrected chi connectivity index (χ4v) is 2.31. The number of benzene rings is 1. The molecule has 112 valence electrons. The van der Waals surface area contributed by atoms with Gasteiger partial charge in [-0.1, -0.05) is 0 Å². The van der Waals surface area contributed by atoms with Crippen LogP contribution in [-0.4, -0.2) is 58.9 Å². The van der Waals surface area contributed by atoms with Crippen LogP contribution in [0, 0.1) is 0 Å². The molecule has 0 unspecified atom stereocenters. The van der Waals surface area contributed by atoms with Gasteiger partial charge in [0.1, 0.15) is 9.84 Å². The lowest BCUT2D eigenvalue weighted by atomic mass is 10.1. The molecule has 0 spiro atoms. The van der Waals surface area contributed by atoms with Gasteiger partial charge in [0.15, 0.2) is 0 Å². The van der Waals surface area contributed by atoms with E-state index < -0.39 is 9.84 Å². The Morgan fingerprint density at radius 2 is 1.85 bits per heavy atom. The Hall–Kier alpha value is -1.76. The third-order valence-electron chi connectivity index (χ3n) is 2.87. The van der Waals surface area contributed by atoms with E-state index in [4.69, 9.17) is 5.73 Å². The van der Waals surface area contributed by atoms with E-state index in [-0.39, 0.29) is 11.7 Å². The molecule has 0 aliphatic heterocycles. The van der Waals surface area contributed by atoms with Crippen molar-refractivity contribution in [2.75, 3.05) is 50.3 Å². The maximum Gasteiger partial charge on any atom is 0.255 e. The highest BCUT2D eigenvalue weighted by atomic mass is 32.2. The Morgan fingerprint density at radius 3 is 2.35 bits per heavy atom. The second-order valence-corrected chi connectivity index (χ2v) is 7.29. The summed E-state index contributed by atoms with van der Waals surface area (Å²) >= 11 is 0. The smallest absolute Gasteiger partial charge is 0.255 e. The SMILES string of the molecule is CN(C)C(=O)c1ccc(N)cc1N(C)CCS(C)(=O)=O. The van der Waals surface area contributed by atoms with E-state index in [1.807, 2.05) is 0 Å². The van der Waals surface area contributed by atoms with Crippen molar-refractivity contribution in [1.29, 1.82) is 0 Å². The Kier molecular flexibility index (Phi) is 4.99. The maximum absolute atomic E-state index is 12.1. The first-order chi connectivity index (χ1) is 9.11. The number of hydrogen-bond acceptors (Lipinski definition) is 5. The van der Waals surface area contributed by atoms with E-state index in [0.717, 1.165) is 0 Å². The first kappa shape index (κ1) is 16.3. The minimum absolute atomic E-state index is 0.0217. The fraction of sp³-hybridized carbons (Fsp3) is 0.462. The van der Waals surface area contributed by atoms with Gasteiger partial charge in [-0.3, -0.25) is 4.79 Å². The lowest BCUT2D eigenvalue weighted by Gasteiger charge is -2.23. The van der Waals surface area contributed by atoms with E-state index in [0.29, 0.717) is 23.5 Å². The van der Waals surface area contributed by atoms with Crippen LogP contribution < -0.4 is 10.6 Å². The van der Waals surface area contributed by atoms with Gasteiger partial charge in [0.2, 0.25) is 0 Å². The average Bonchev–Trinajstić information content (AvgIpc) is 2.34. The molecule has 1 aromatic rings. The molecule has 1 rings (SSSR count). The Bertz CT molecular complexity index is 597. The number of sulfone groups is 1. The summed E-state index contributed by atoms with van der Waals surface area (Å²) < 4.78 is 22.5. The molecule has 7 heteroatoms. The monoisotopic (exact) mass is 299 g/mol. The molecule has 0 aromatic heterocycles. The van der Waals surface area contributed by atoms with Crippen LogP contribution in [-0.2, 0) is 9.84 Å². The highest BCUT2D eigenvalue weighted by molar-refractivity contribution is 7.90. The van der Waals surface area contributed by atoms with Crippen molar-refractivity contribution < 1.29 is 13.2 Å². The molecule has 1 amide bonds. The molecule has 0 saturated heterocycles. The third kappa shape index (κ3) is 4.41. The second-order valence-electron chi connectivity index (χ2n) is 5.03. The molecule has 0 fully saturated rings. The number of anilines is 2. The average molecular weight is 299 g/mol. The maximum atomic E-state index is 12.1. The third-order valence-corrected chi connectivity index (χ3v) is 3.79. The van der Waals surface area contributed by atoms with Crippen LogP contribution in [0.4, 0.5) is 11.4 Å². The molecule has 0 saturated carbocycles. The molecule has 0 radical (unpaired) electrons. The predicted octanol–water partition coefficient (Wildman–Crippen LogP) is 0.451. The molecule has 0 atom stereocenters. The normalized spacial score (nSPS) is 11.2. The standard InChI is InChI=1S/C13H21N3O3S/c1-15(2)13(17)11-6-5-10(14)9-12(11)16(3)7-8-20(4,18)19/h5-6,9H,7-8,14H2,1-4H3. The molecule has 6 nitrogen and oxygen atoms in total. The van der Waals surface area contributed by atoms with Gasteiger partial charge >= 0.3 is 0 Å². The Balaban J connectivity index is 3.09. The van der Waals surface area contributed by atoms with Crippen molar-refractivity contribution in [3.05, 3.63) is 23.8 Å². The van der Waals surface area contributed by atoms with Crippen LogP contribution in [0.5, 0.6) is 0 Å². The summed E-state index contributed by atoms with van der Waals surface area (Å²) in [7, 11) is 2.02. The number of nitrogens with two attached hydrogens (primary N) is 1. The van der Waals surface area contributed by atoms with Crippen molar-refractivity contribution in [2.24, 2.45) is 0 Å². The number of nitrogens with zero attached hydrogens (tertiary/aromatic N) is 2. The van der Waals surface area contributed by atoms with E-state index >= 15 is 0 Å². The summed E-state index contributed by atoms with van der Waals surface area (Å²) in [6.45, 7) is 0.302. The Labute approximate surface area is 120 Å². The lowest BCUT2D eigenvalue weighted by Crippen LogP contribution is -2.29. The topological polar surface area (TPSA) is 83.7 Å². The highest BCUT2D eigenvalue weighted by Gasteiger charge is 2.17. The molecule has 20 heavy (non-hydrogen) atoms.